The number of alkyl halides is 3. The lowest BCUT2D eigenvalue weighted by atomic mass is 9.91. The van der Waals surface area contributed by atoms with Gasteiger partial charge in [0.2, 0.25) is 0 Å². The van der Waals surface area contributed by atoms with Crippen LogP contribution in [0.25, 0.3) is 0 Å². The topological polar surface area (TPSA) is 76.0 Å². The number of benzene rings is 1. The molecule has 0 bridgehead atoms. The molecule has 0 amide bonds. The summed E-state index contributed by atoms with van der Waals surface area (Å²) >= 11 is 1.85. The van der Waals surface area contributed by atoms with Crippen molar-refractivity contribution in [2.45, 2.75) is 37.3 Å². The SMILES string of the molecule is O=C1C[C@@H]2[C@@H](/C=C/C(O)COc3cc(C(F)(F)F)ccc3I)[C@H](O)C[C@@H]2O1. The Morgan fingerprint density at radius 2 is 2.15 bits per heavy atom. The fourth-order valence-corrected chi connectivity index (χ4v) is 3.96. The Morgan fingerprint density at radius 3 is 2.85 bits per heavy atom. The Kier molecular flexibility index (Phi) is 6.02. The highest BCUT2D eigenvalue weighted by Gasteiger charge is 2.48. The Bertz CT molecular complexity index is 736. The summed E-state index contributed by atoms with van der Waals surface area (Å²) in [5.74, 6) is -0.696. The second kappa shape index (κ2) is 7.96. The number of esters is 1. The Labute approximate surface area is 167 Å². The van der Waals surface area contributed by atoms with E-state index >= 15 is 0 Å². The van der Waals surface area contributed by atoms with Gasteiger partial charge in [-0.15, -0.1) is 0 Å². The van der Waals surface area contributed by atoms with Crippen LogP contribution in [0.1, 0.15) is 18.4 Å². The number of hydrogen-bond donors (Lipinski definition) is 2. The van der Waals surface area contributed by atoms with E-state index in [1.54, 1.807) is 6.08 Å². The van der Waals surface area contributed by atoms with Crippen LogP contribution in [-0.4, -0.2) is 41.1 Å². The van der Waals surface area contributed by atoms with Crippen LogP contribution in [0.3, 0.4) is 0 Å². The van der Waals surface area contributed by atoms with Crippen LogP contribution in [0.2, 0.25) is 0 Å². The average Bonchev–Trinajstić information content (AvgIpc) is 3.06. The molecule has 1 saturated carbocycles. The third-order valence-corrected chi connectivity index (χ3v) is 5.69. The number of rotatable bonds is 5. The molecule has 1 unspecified atom stereocenters. The summed E-state index contributed by atoms with van der Waals surface area (Å²) in [6.45, 7) is -0.236. The van der Waals surface area contributed by atoms with Gasteiger partial charge in [-0.2, -0.15) is 13.2 Å². The van der Waals surface area contributed by atoms with E-state index in [1.807, 2.05) is 22.6 Å². The van der Waals surface area contributed by atoms with Crippen LogP contribution in [0.5, 0.6) is 5.75 Å². The van der Waals surface area contributed by atoms with Crippen LogP contribution in [0, 0.1) is 15.4 Å². The molecule has 1 saturated heterocycles. The molecule has 1 aromatic carbocycles. The third kappa shape index (κ3) is 4.75. The van der Waals surface area contributed by atoms with Gasteiger partial charge in [-0.25, -0.2) is 0 Å². The molecular weight excluding hydrogens is 480 g/mol. The molecule has 0 aromatic heterocycles. The van der Waals surface area contributed by atoms with E-state index in [0.717, 1.165) is 12.1 Å². The minimum atomic E-state index is -4.48. The maximum Gasteiger partial charge on any atom is 0.416 e. The molecule has 9 heteroatoms. The van der Waals surface area contributed by atoms with Gasteiger partial charge in [-0.05, 0) is 40.8 Å². The third-order valence-electron chi connectivity index (χ3n) is 4.80. The first kappa shape index (κ1) is 20.4. The number of aliphatic hydroxyl groups excluding tert-OH is 2. The van der Waals surface area contributed by atoms with Crippen molar-refractivity contribution in [1.82, 2.24) is 0 Å². The van der Waals surface area contributed by atoms with E-state index in [0.29, 0.717) is 9.99 Å². The van der Waals surface area contributed by atoms with Gasteiger partial charge in [0.25, 0.3) is 0 Å². The molecule has 1 aromatic rings. The molecule has 2 fully saturated rings. The Hall–Kier alpha value is -1.33. The lowest BCUT2D eigenvalue weighted by Gasteiger charge is -2.16. The maximum atomic E-state index is 12.8. The lowest BCUT2D eigenvalue weighted by Crippen LogP contribution is -2.20. The summed E-state index contributed by atoms with van der Waals surface area (Å²) in [6, 6.07) is 3.16. The molecule has 1 aliphatic heterocycles. The number of hydrogen-bond acceptors (Lipinski definition) is 5. The van der Waals surface area contributed by atoms with Crippen molar-refractivity contribution in [3.8, 4) is 5.75 Å². The van der Waals surface area contributed by atoms with Crippen LogP contribution >= 0.6 is 22.6 Å². The first-order valence-corrected chi connectivity index (χ1v) is 9.46. The van der Waals surface area contributed by atoms with Crippen LogP contribution < -0.4 is 4.74 Å². The molecule has 148 valence electrons. The normalized spacial score (nSPS) is 29.0. The standard InChI is InChI=1S/C18H18F3IO5/c19-18(20,21)9-1-4-13(22)16(5-9)26-8-10(23)2-3-11-12-6-17(25)27-15(12)7-14(11)24/h1-5,10-12,14-15,23-24H,6-8H2/b3-2+/t10?,11-,12-,14-,15+/m1/s1. The first-order chi connectivity index (χ1) is 12.6. The smallest absolute Gasteiger partial charge is 0.416 e. The Balaban J connectivity index is 1.59. The molecular formula is C18H18F3IO5. The second-order valence-corrected chi connectivity index (χ2v) is 7.85. The molecule has 1 aliphatic carbocycles. The molecule has 1 heterocycles. The summed E-state index contributed by atoms with van der Waals surface area (Å²) in [5, 5.41) is 20.1. The minimum absolute atomic E-state index is 0.0358. The van der Waals surface area contributed by atoms with E-state index in [2.05, 4.69) is 0 Å². The number of halogens is 4. The predicted molar refractivity (Wildman–Crippen MR) is 96.9 cm³/mol. The fourth-order valence-electron chi connectivity index (χ4n) is 3.46. The average molecular weight is 498 g/mol. The molecule has 27 heavy (non-hydrogen) atoms. The summed E-state index contributed by atoms with van der Waals surface area (Å²) < 4.78 is 49.3. The van der Waals surface area contributed by atoms with Crippen LogP contribution in [0.4, 0.5) is 13.2 Å². The molecule has 2 N–H and O–H groups in total. The van der Waals surface area contributed by atoms with E-state index in [9.17, 15) is 28.2 Å². The van der Waals surface area contributed by atoms with Crippen molar-refractivity contribution < 1.29 is 37.7 Å². The lowest BCUT2D eigenvalue weighted by molar-refractivity contribution is -0.142. The molecule has 0 radical (unpaired) electrons. The molecule has 5 nitrogen and oxygen atoms in total. The molecule has 0 spiro atoms. The quantitative estimate of drug-likeness (QED) is 0.371. The molecule has 3 rings (SSSR count). The van der Waals surface area contributed by atoms with Gasteiger partial charge in [-0.1, -0.05) is 12.2 Å². The second-order valence-electron chi connectivity index (χ2n) is 6.68. The number of aliphatic hydroxyl groups is 2. The van der Waals surface area contributed by atoms with E-state index in [1.165, 1.54) is 12.1 Å². The minimum Gasteiger partial charge on any atom is -0.489 e. The largest absolute Gasteiger partial charge is 0.489 e. The van der Waals surface area contributed by atoms with Crippen molar-refractivity contribution in [2.24, 2.45) is 11.8 Å². The van der Waals surface area contributed by atoms with Gasteiger partial charge in [0.05, 0.1) is 21.7 Å². The highest BCUT2D eigenvalue weighted by molar-refractivity contribution is 14.1. The van der Waals surface area contributed by atoms with Crippen LogP contribution in [0.15, 0.2) is 30.4 Å². The molecule has 2 aliphatic rings. The number of carbonyl (C=O) groups excluding carboxylic acids is 1. The zero-order chi connectivity index (χ0) is 19.8. The van der Waals surface area contributed by atoms with Gasteiger partial charge in [-0.3, -0.25) is 4.79 Å². The zero-order valence-electron chi connectivity index (χ0n) is 14.0. The van der Waals surface area contributed by atoms with Gasteiger partial charge >= 0.3 is 12.1 Å². The summed E-state index contributed by atoms with van der Waals surface area (Å²) in [5.41, 5.74) is -0.825. The van der Waals surface area contributed by atoms with Crippen molar-refractivity contribution in [3.63, 3.8) is 0 Å². The predicted octanol–water partition coefficient (Wildman–Crippen LogP) is 2.92. The van der Waals surface area contributed by atoms with Gasteiger partial charge < -0.3 is 19.7 Å². The van der Waals surface area contributed by atoms with E-state index < -0.39 is 23.9 Å². The first-order valence-electron chi connectivity index (χ1n) is 8.38. The van der Waals surface area contributed by atoms with Crippen molar-refractivity contribution in [2.75, 3.05) is 6.61 Å². The van der Waals surface area contributed by atoms with Gasteiger partial charge in [0.1, 0.15) is 24.6 Å². The van der Waals surface area contributed by atoms with Gasteiger partial charge in [0.15, 0.2) is 0 Å². The van der Waals surface area contributed by atoms with Gasteiger partial charge in [0, 0.05) is 18.3 Å². The monoisotopic (exact) mass is 498 g/mol. The highest BCUT2D eigenvalue weighted by Crippen LogP contribution is 2.42. The van der Waals surface area contributed by atoms with Crippen molar-refractivity contribution >= 4 is 28.6 Å². The van der Waals surface area contributed by atoms with Crippen molar-refractivity contribution in [3.05, 3.63) is 39.5 Å². The summed E-state index contributed by atoms with van der Waals surface area (Å²) in [4.78, 5) is 11.4. The Morgan fingerprint density at radius 1 is 1.41 bits per heavy atom. The fraction of sp³-hybridized carbons (Fsp3) is 0.500. The van der Waals surface area contributed by atoms with E-state index in [4.69, 9.17) is 9.47 Å². The number of carbonyl (C=O) groups is 1. The molecule has 5 atom stereocenters. The van der Waals surface area contributed by atoms with E-state index in [-0.39, 0.29) is 42.7 Å². The van der Waals surface area contributed by atoms with Crippen molar-refractivity contribution in [1.29, 1.82) is 0 Å². The zero-order valence-corrected chi connectivity index (χ0v) is 16.2. The summed E-state index contributed by atoms with van der Waals surface area (Å²) in [6.07, 6.45) is -2.87. The number of fused-ring (bicyclic) bond motifs is 1. The maximum absolute atomic E-state index is 12.8. The number of ether oxygens (including phenoxy) is 2. The highest BCUT2D eigenvalue weighted by atomic mass is 127. The summed E-state index contributed by atoms with van der Waals surface area (Å²) in [7, 11) is 0. The van der Waals surface area contributed by atoms with Crippen LogP contribution in [-0.2, 0) is 15.7 Å².